The van der Waals surface area contributed by atoms with E-state index in [1.54, 1.807) is 12.1 Å². The molecule has 1 aromatic carbocycles. The van der Waals surface area contributed by atoms with Crippen molar-refractivity contribution in [1.82, 2.24) is 9.29 Å². The number of sulfonamides is 1. The molecule has 1 aliphatic heterocycles. The fraction of sp³-hybridized carbons (Fsp3) is 0.278. The SMILES string of the molecule is N#Cc1ccc(S(=O)(=O)N2C[C@H](Oc3ccc(C#N)c(F)c3)[C@](O)(CN)C2)cn1. The molecule has 29 heavy (non-hydrogen) atoms. The van der Waals surface area contributed by atoms with E-state index >= 15 is 0 Å². The van der Waals surface area contributed by atoms with E-state index in [2.05, 4.69) is 4.98 Å². The Morgan fingerprint density at radius 2 is 2.10 bits per heavy atom. The molecule has 3 N–H and O–H groups in total. The first-order valence-corrected chi connectivity index (χ1v) is 9.82. The van der Waals surface area contributed by atoms with Crippen LogP contribution in [0.25, 0.3) is 0 Å². The number of nitrogens with two attached hydrogens (primary N) is 1. The van der Waals surface area contributed by atoms with Crippen molar-refractivity contribution in [2.75, 3.05) is 19.6 Å². The van der Waals surface area contributed by atoms with Gasteiger partial charge in [-0.2, -0.15) is 14.8 Å². The molecule has 2 atom stereocenters. The van der Waals surface area contributed by atoms with Crippen LogP contribution in [0.3, 0.4) is 0 Å². The lowest BCUT2D eigenvalue weighted by Gasteiger charge is -2.27. The summed E-state index contributed by atoms with van der Waals surface area (Å²) in [5.41, 5.74) is 3.83. The number of nitrogens with zero attached hydrogens (tertiary/aromatic N) is 4. The van der Waals surface area contributed by atoms with E-state index < -0.39 is 27.5 Å². The van der Waals surface area contributed by atoms with Crippen molar-refractivity contribution in [2.45, 2.75) is 16.6 Å². The fourth-order valence-electron chi connectivity index (χ4n) is 2.92. The van der Waals surface area contributed by atoms with Gasteiger partial charge in [0.15, 0.2) is 0 Å². The number of hydrogen-bond acceptors (Lipinski definition) is 8. The van der Waals surface area contributed by atoms with Crippen molar-refractivity contribution in [1.29, 1.82) is 10.5 Å². The topological polar surface area (TPSA) is 153 Å². The largest absolute Gasteiger partial charge is 0.486 e. The minimum absolute atomic E-state index is 0.0256. The summed E-state index contributed by atoms with van der Waals surface area (Å²) < 4.78 is 46.2. The predicted octanol–water partition coefficient (Wildman–Crippen LogP) is 0.106. The molecule has 2 aromatic rings. The average molecular weight is 417 g/mol. The van der Waals surface area contributed by atoms with Crippen LogP contribution in [-0.2, 0) is 10.0 Å². The van der Waals surface area contributed by atoms with Crippen molar-refractivity contribution < 1.29 is 22.7 Å². The first-order chi connectivity index (χ1) is 13.7. The molecular weight excluding hydrogens is 401 g/mol. The highest BCUT2D eigenvalue weighted by Gasteiger charge is 2.50. The van der Waals surface area contributed by atoms with E-state index in [9.17, 15) is 17.9 Å². The second-order valence-electron chi connectivity index (χ2n) is 6.46. The Morgan fingerprint density at radius 3 is 2.66 bits per heavy atom. The van der Waals surface area contributed by atoms with Crippen LogP contribution in [-0.4, -0.2) is 54.2 Å². The third kappa shape index (κ3) is 3.90. The highest BCUT2D eigenvalue weighted by Crippen LogP contribution is 2.30. The summed E-state index contributed by atoms with van der Waals surface area (Å²) in [6.45, 7) is -0.874. The molecule has 1 aliphatic rings. The smallest absolute Gasteiger partial charge is 0.244 e. The molecule has 0 radical (unpaired) electrons. The van der Waals surface area contributed by atoms with E-state index in [4.69, 9.17) is 21.0 Å². The summed E-state index contributed by atoms with van der Waals surface area (Å²) in [7, 11) is -4.04. The minimum Gasteiger partial charge on any atom is -0.486 e. The lowest BCUT2D eigenvalue weighted by Crippen LogP contribution is -2.50. The Balaban J connectivity index is 1.86. The summed E-state index contributed by atoms with van der Waals surface area (Å²) in [5.74, 6) is -0.773. The van der Waals surface area contributed by atoms with Gasteiger partial charge in [-0.15, -0.1) is 0 Å². The molecule has 0 unspecified atom stereocenters. The number of ether oxygens (including phenoxy) is 1. The molecule has 150 valence electrons. The van der Waals surface area contributed by atoms with Crippen LogP contribution in [0.1, 0.15) is 11.3 Å². The Bertz CT molecular complexity index is 1110. The number of nitriles is 2. The van der Waals surface area contributed by atoms with Gasteiger partial charge >= 0.3 is 0 Å². The number of aliphatic hydroxyl groups is 1. The van der Waals surface area contributed by atoms with E-state index in [0.717, 1.165) is 16.6 Å². The first-order valence-electron chi connectivity index (χ1n) is 8.38. The van der Waals surface area contributed by atoms with Crippen molar-refractivity contribution >= 4 is 10.0 Å². The molecule has 0 amide bonds. The number of benzene rings is 1. The van der Waals surface area contributed by atoms with Crippen LogP contribution >= 0.6 is 0 Å². The van der Waals surface area contributed by atoms with Crippen LogP contribution in [0.15, 0.2) is 41.4 Å². The van der Waals surface area contributed by atoms with Crippen molar-refractivity contribution in [3.8, 4) is 17.9 Å². The average Bonchev–Trinajstić information content (AvgIpc) is 3.06. The molecule has 9 nitrogen and oxygen atoms in total. The number of pyridine rings is 1. The zero-order chi connectivity index (χ0) is 21.2. The molecule has 1 saturated heterocycles. The number of β-amino-alcohol motifs (C(OH)–C–C–N with tert-alkyl or cyclic N) is 1. The van der Waals surface area contributed by atoms with E-state index in [0.29, 0.717) is 0 Å². The van der Waals surface area contributed by atoms with Gasteiger partial charge in [-0.1, -0.05) is 0 Å². The third-order valence-corrected chi connectivity index (χ3v) is 6.40. The fourth-order valence-corrected chi connectivity index (χ4v) is 4.37. The van der Waals surface area contributed by atoms with Crippen molar-refractivity contribution in [2.24, 2.45) is 5.73 Å². The number of hydrogen-bond donors (Lipinski definition) is 2. The monoisotopic (exact) mass is 417 g/mol. The highest BCUT2D eigenvalue weighted by atomic mass is 32.2. The Labute approximate surface area is 166 Å². The second-order valence-corrected chi connectivity index (χ2v) is 8.39. The molecule has 0 saturated carbocycles. The maximum Gasteiger partial charge on any atom is 0.244 e. The number of halogens is 1. The molecule has 0 spiro atoms. The molecule has 0 bridgehead atoms. The lowest BCUT2D eigenvalue weighted by atomic mass is 10.0. The Morgan fingerprint density at radius 1 is 1.34 bits per heavy atom. The first kappa shape index (κ1) is 20.6. The standard InChI is InChI=1S/C18H16FN5O4S/c19-16-5-14(3-1-12(16)6-20)28-17-9-24(11-18(17,25)10-22)29(26,27)15-4-2-13(7-21)23-8-15/h1-5,8,17,25H,9-11,22H2/t17-,18-/m0/s1. The van der Waals surface area contributed by atoms with Gasteiger partial charge in [0.2, 0.25) is 10.0 Å². The molecule has 2 heterocycles. The third-order valence-electron chi connectivity index (χ3n) is 4.60. The van der Waals surface area contributed by atoms with Crippen LogP contribution in [0.5, 0.6) is 5.75 Å². The van der Waals surface area contributed by atoms with Gasteiger partial charge in [0.25, 0.3) is 0 Å². The summed E-state index contributed by atoms with van der Waals surface area (Å²) in [4.78, 5) is 3.60. The van der Waals surface area contributed by atoms with Crippen LogP contribution in [0.2, 0.25) is 0 Å². The Kier molecular flexibility index (Phi) is 5.50. The zero-order valence-electron chi connectivity index (χ0n) is 15.0. The summed E-state index contributed by atoms with van der Waals surface area (Å²) in [6, 6.07) is 9.54. The van der Waals surface area contributed by atoms with E-state index in [-0.39, 0.29) is 41.5 Å². The maximum atomic E-state index is 13.8. The molecule has 0 aliphatic carbocycles. The molecule has 1 aromatic heterocycles. The van der Waals surface area contributed by atoms with Crippen molar-refractivity contribution in [3.63, 3.8) is 0 Å². The summed E-state index contributed by atoms with van der Waals surface area (Å²) in [6.07, 6.45) is -0.0134. The van der Waals surface area contributed by atoms with E-state index in [1.807, 2.05) is 0 Å². The number of aromatic nitrogens is 1. The van der Waals surface area contributed by atoms with Gasteiger partial charge in [0.1, 0.15) is 46.0 Å². The summed E-state index contributed by atoms with van der Waals surface area (Å²) >= 11 is 0. The lowest BCUT2D eigenvalue weighted by molar-refractivity contribution is -0.0200. The normalized spacial score (nSPS) is 22.0. The quantitative estimate of drug-likeness (QED) is 0.695. The van der Waals surface area contributed by atoms with Crippen molar-refractivity contribution in [3.05, 3.63) is 53.6 Å². The van der Waals surface area contributed by atoms with Gasteiger partial charge in [0.05, 0.1) is 12.1 Å². The predicted molar refractivity (Wildman–Crippen MR) is 97.2 cm³/mol. The van der Waals surface area contributed by atoms with Gasteiger partial charge in [-0.25, -0.2) is 17.8 Å². The number of rotatable bonds is 5. The van der Waals surface area contributed by atoms with Gasteiger partial charge in [0, 0.05) is 25.4 Å². The molecule has 11 heteroatoms. The van der Waals surface area contributed by atoms with Gasteiger partial charge in [-0.05, 0) is 24.3 Å². The van der Waals surface area contributed by atoms with Crippen LogP contribution in [0, 0.1) is 28.5 Å². The maximum absolute atomic E-state index is 13.8. The van der Waals surface area contributed by atoms with Crippen LogP contribution < -0.4 is 10.5 Å². The second kappa shape index (κ2) is 7.73. The van der Waals surface area contributed by atoms with Gasteiger partial charge < -0.3 is 15.6 Å². The van der Waals surface area contributed by atoms with Crippen LogP contribution in [0.4, 0.5) is 4.39 Å². The minimum atomic E-state index is -4.04. The highest BCUT2D eigenvalue weighted by molar-refractivity contribution is 7.89. The van der Waals surface area contributed by atoms with E-state index in [1.165, 1.54) is 24.3 Å². The molecular formula is C18H16FN5O4S. The molecule has 3 rings (SSSR count). The summed E-state index contributed by atoms with van der Waals surface area (Å²) in [5, 5.41) is 28.4. The Hall–Kier alpha value is -3.09. The molecule has 1 fully saturated rings. The van der Waals surface area contributed by atoms with Gasteiger partial charge in [-0.3, -0.25) is 0 Å². The zero-order valence-corrected chi connectivity index (χ0v) is 15.8.